The van der Waals surface area contributed by atoms with Crippen LogP contribution in [0.2, 0.25) is 10.0 Å². The van der Waals surface area contributed by atoms with Crippen molar-refractivity contribution in [3.05, 3.63) is 69.2 Å². The number of aliphatic imine (C=N–C) groups is 1. The molecule has 4 rings (SSSR count). The van der Waals surface area contributed by atoms with Crippen LogP contribution in [0.25, 0.3) is 0 Å². The van der Waals surface area contributed by atoms with Crippen LogP contribution in [-0.4, -0.2) is 45.7 Å². The van der Waals surface area contributed by atoms with Crippen molar-refractivity contribution < 1.29 is 19.5 Å². The first kappa shape index (κ1) is 33.0. The summed E-state index contributed by atoms with van der Waals surface area (Å²) in [5.41, 5.74) is 1.84. The topological polar surface area (TPSA) is 99.1 Å². The summed E-state index contributed by atoms with van der Waals surface area (Å²) in [6, 6.07) is 12.2. The minimum absolute atomic E-state index is 0.0416. The van der Waals surface area contributed by atoms with E-state index in [0.717, 1.165) is 37.7 Å². The SMILES string of the molecule is CC(C)C[C@H](c1ccc(C(=O)NC[C@@H](C)C(=O)O)cc1)N1C(=O)C(c2cc(Cl)cc(Cl)c2)=NC12CCC(C(C)(C)C)CC2. The molecule has 43 heavy (non-hydrogen) atoms. The fraction of sp³-hybridized carbons (Fsp3) is 0.529. The van der Waals surface area contributed by atoms with E-state index in [1.165, 1.54) is 0 Å². The maximum Gasteiger partial charge on any atom is 0.308 e. The van der Waals surface area contributed by atoms with Crippen molar-refractivity contribution in [2.24, 2.45) is 28.2 Å². The van der Waals surface area contributed by atoms with E-state index in [1.54, 1.807) is 37.3 Å². The minimum Gasteiger partial charge on any atom is -0.481 e. The highest BCUT2D eigenvalue weighted by Gasteiger charge is 2.52. The number of rotatable bonds is 9. The van der Waals surface area contributed by atoms with E-state index in [0.29, 0.717) is 32.8 Å². The van der Waals surface area contributed by atoms with Crippen LogP contribution in [0.5, 0.6) is 0 Å². The van der Waals surface area contributed by atoms with Gasteiger partial charge >= 0.3 is 5.97 Å². The Kier molecular flexibility index (Phi) is 9.97. The molecule has 0 bridgehead atoms. The molecule has 0 unspecified atom stereocenters. The molecule has 2 N–H and O–H groups in total. The number of nitrogens with one attached hydrogen (secondary N) is 1. The van der Waals surface area contributed by atoms with Gasteiger partial charge in [0.1, 0.15) is 11.4 Å². The first-order chi connectivity index (χ1) is 20.1. The number of halogens is 2. The Labute approximate surface area is 265 Å². The highest BCUT2D eigenvalue weighted by molar-refractivity contribution is 6.47. The highest BCUT2D eigenvalue weighted by atomic mass is 35.5. The Hall–Kier alpha value is -2.90. The van der Waals surface area contributed by atoms with Crippen LogP contribution in [0.3, 0.4) is 0 Å². The molecule has 9 heteroatoms. The van der Waals surface area contributed by atoms with E-state index in [4.69, 9.17) is 33.3 Å². The largest absolute Gasteiger partial charge is 0.481 e. The number of aliphatic carboxylic acids is 1. The molecule has 0 radical (unpaired) electrons. The number of carboxylic acid groups (broad SMARTS) is 1. The molecule has 2 aromatic carbocycles. The molecule has 1 aliphatic carbocycles. The van der Waals surface area contributed by atoms with Crippen molar-refractivity contribution >= 4 is 46.7 Å². The average molecular weight is 629 g/mol. The zero-order chi connectivity index (χ0) is 31.7. The van der Waals surface area contributed by atoms with E-state index in [2.05, 4.69) is 39.9 Å². The Morgan fingerprint density at radius 2 is 1.63 bits per heavy atom. The lowest BCUT2D eigenvalue weighted by Gasteiger charge is -2.47. The number of hydrogen-bond donors (Lipinski definition) is 2. The number of carboxylic acids is 1. The number of nitrogens with zero attached hydrogens (tertiary/aromatic N) is 2. The van der Waals surface area contributed by atoms with Gasteiger partial charge in [0, 0.05) is 27.7 Å². The van der Waals surface area contributed by atoms with Gasteiger partial charge in [0.05, 0.1) is 12.0 Å². The zero-order valence-corrected chi connectivity index (χ0v) is 27.4. The van der Waals surface area contributed by atoms with E-state index in [1.807, 2.05) is 17.0 Å². The van der Waals surface area contributed by atoms with Gasteiger partial charge in [-0.1, -0.05) is 76.9 Å². The molecule has 0 aromatic heterocycles. The third-order valence-corrected chi connectivity index (χ3v) is 9.33. The van der Waals surface area contributed by atoms with Gasteiger partial charge < -0.3 is 15.3 Å². The second-order valence-electron chi connectivity index (χ2n) is 13.6. The van der Waals surface area contributed by atoms with E-state index < -0.39 is 17.6 Å². The van der Waals surface area contributed by atoms with Gasteiger partial charge in [0.2, 0.25) is 0 Å². The summed E-state index contributed by atoms with van der Waals surface area (Å²) < 4.78 is 0. The first-order valence-corrected chi connectivity index (χ1v) is 15.9. The van der Waals surface area contributed by atoms with Crippen LogP contribution in [0, 0.1) is 23.2 Å². The van der Waals surface area contributed by atoms with Gasteiger partial charge in [-0.15, -0.1) is 0 Å². The number of carbonyl (C=O) groups excluding carboxylic acids is 2. The molecule has 1 aliphatic heterocycles. The predicted octanol–water partition coefficient (Wildman–Crippen LogP) is 7.80. The van der Waals surface area contributed by atoms with Crippen molar-refractivity contribution in [1.82, 2.24) is 10.2 Å². The quantitative estimate of drug-likeness (QED) is 0.296. The van der Waals surface area contributed by atoms with Crippen LogP contribution in [0.4, 0.5) is 0 Å². The lowest BCUT2D eigenvalue weighted by Crippen LogP contribution is -2.51. The van der Waals surface area contributed by atoms with Crippen molar-refractivity contribution in [1.29, 1.82) is 0 Å². The van der Waals surface area contributed by atoms with Crippen LogP contribution >= 0.6 is 23.2 Å². The van der Waals surface area contributed by atoms with Crippen LogP contribution < -0.4 is 5.32 Å². The molecule has 232 valence electrons. The minimum atomic E-state index is -0.963. The van der Waals surface area contributed by atoms with Crippen LogP contribution in [0.15, 0.2) is 47.5 Å². The maximum atomic E-state index is 14.5. The average Bonchev–Trinajstić information content (AvgIpc) is 3.20. The predicted molar refractivity (Wildman–Crippen MR) is 172 cm³/mol. The Balaban J connectivity index is 1.71. The Bertz CT molecular complexity index is 1370. The van der Waals surface area contributed by atoms with Crippen molar-refractivity contribution in [2.75, 3.05) is 6.54 Å². The molecule has 2 aromatic rings. The second kappa shape index (κ2) is 13.0. The summed E-state index contributed by atoms with van der Waals surface area (Å²) in [6.07, 6.45) is 4.16. The monoisotopic (exact) mass is 627 g/mol. The molecule has 1 spiro atoms. The molecule has 2 amide bonds. The Morgan fingerprint density at radius 3 is 2.14 bits per heavy atom. The third-order valence-electron chi connectivity index (χ3n) is 8.89. The highest BCUT2D eigenvalue weighted by Crippen LogP contribution is 2.50. The van der Waals surface area contributed by atoms with E-state index >= 15 is 0 Å². The summed E-state index contributed by atoms with van der Waals surface area (Å²) in [7, 11) is 0. The lowest BCUT2D eigenvalue weighted by molar-refractivity contribution is -0.141. The number of amides is 2. The fourth-order valence-corrected chi connectivity index (χ4v) is 6.88. The standard InChI is InChI=1S/C34H43Cl2N3O4/c1-20(2)15-28(22-7-9-23(10-8-22)30(40)37-19-21(3)32(42)43)39-31(41)29(24-16-26(35)18-27(36)17-24)38-34(39)13-11-25(12-14-34)33(4,5)6/h7-10,16-18,20-21,25,28H,11-15,19H2,1-6H3,(H,37,40)(H,42,43)/t21-,25?,28-,34?/m1/s1. The van der Waals surface area contributed by atoms with E-state index in [9.17, 15) is 14.4 Å². The van der Waals surface area contributed by atoms with Gasteiger partial charge in [0.25, 0.3) is 11.8 Å². The summed E-state index contributed by atoms with van der Waals surface area (Å²) in [5, 5.41) is 12.7. The van der Waals surface area contributed by atoms with E-state index in [-0.39, 0.29) is 35.7 Å². The van der Waals surface area contributed by atoms with Crippen molar-refractivity contribution in [2.45, 2.75) is 85.4 Å². The van der Waals surface area contributed by atoms with Crippen LogP contribution in [0.1, 0.15) is 101 Å². The molecule has 1 heterocycles. The first-order valence-electron chi connectivity index (χ1n) is 15.1. The lowest BCUT2D eigenvalue weighted by atomic mass is 9.69. The molecular weight excluding hydrogens is 585 g/mol. The molecule has 0 saturated heterocycles. The number of carbonyl (C=O) groups is 3. The van der Waals surface area contributed by atoms with Gasteiger partial charge in [-0.2, -0.15) is 0 Å². The summed E-state index contributed by atoms with van der Waals surface area (Å²) in [4.78, 5) is 45.6. The molecule has 1 fully saturated rings. The second-order valence-corrected chi connectivity index (χ2v) is 14.5. The van der Waals surface area contributed by atoms with Crippen LogP contribution in [-0.2, 0) is 9.59 Å². The van der Waals surface area contributed by atoms with Crippen molar-refractivity contribution in [3.8, 4) is 0 Å². The summed E-state index contributed by atoms with van der Waals surface area (Å²) >= 11 is 12.7. The number of benzene rings is 2. The molecule has 7 nitrogen and oxygen atoms in total. The maximum absolute atomic E-state index is 14.5. The van der Waals surface area contributed by atoms with Gasteiger partial charge in [0.15, 0.2) is 0 Å². The summed E-state index contributed by atoms with van der Waals surface area (Å²) in [6.45, 7) is 12.7. The third kappa shape index (κ3) is 7.43. The zero-order valence-electron chi connectivity index (χ0n) is 25.9. The molecule has 1 saturated carbocycles. The molecule has 2 aliphatic rings. The molecular formula is C34H43Cl2N3O4. The fourth-order valence-electron chi connectivity index (χ4n) is 6.35. The number of hydrogen-bond acceptors (Lipinski definition) is 4. The van der Waals surface area contributed by atoms with Gasteiger partial charge in [-0.3, -0.25) is 19.4 Å². The summed E-state index contributed by atoms with van der Waals surface area (Å²) in [5.74, 6) is -1.31. The Morgan fingerprint density at radius 1 is 1.05 bits per heavy atom. The molecule has 2 atom stereocenters. The van der Waals surface area contributed by atoms with Gasteiger partial charge in [-0.25, -0.2) is 0 Å². The van der Waals surface area contributed by atoms with Crippen molar-refractivity contribution in [3.63, 3.8) is 0 Å². The smallest absolute Gasteiger partial charge is 0.308 e. The van der Waals surface area contributed by atoms with Gasteiger partial charge in [-0.05, 0) is 85.3 Å². The normalized spacial score (nSPS) is 22.1.